The zero-order chi connectivity index (χ0) is 15.6. The third kappa shape index (κ3) is 3.73. The monoisotopic (exact) mass is 294 g/mol. The van der Waals surface area contributed by atoms with Gasteiger partial charge in [0.1, 0.15) is 5.82 Å². The fourth-order valence-electron chi connectivity index (χ4n) is 2.84. The molecule has 1 aromatic rings. The van der Waals surface area contributed by atoms with E-state index in [9.17, 15) is 14.3 Å². The van der Waals surface area contributed by atoms with Crippen LogP contribution in [0.1, 0.15) is 43.9 Å². The lowest BCUT2D eigenvalue weighted by Gasteiger charge is -2.35. The number of aliphatic hydroxyl groups is 1. The molecular weight excluding hydrogens is 271 g/mol. The van der Waals surface area contributed by atoms with Crippen LogP contribution >= 0.6 is 0 Å². The first kappa shape index (κ1) is 15.8. The molecule has 1 amide bonds. The lowest BCUT2D eigenvalue weighted by atomic mass is 9.99. The number of aliphatic hydroxyl groups excluding tert-OH is 1. The number of nitrogens with zero attached hydrogens (tertiary/aromatic N) is 1. The summed E-state index contributed by atoms with van der Waals surface area (Å²) in [6, 6.07) is 3.43. The fourth-order valence-corrected chi connectivity index (χ4v) is 2.84. The summed E-state index contributed by atoms with van der Waals surface area (Å²) in [7, 11) is 0. The van der Waals surface area contributed by atoms with Crippen molar-refractivity contribution in [3.63, 3.8) is 0 Å². The van der Waals surface area contributed by atoms with E-state index in [1.165, 1.54) is 13.0 Å². The molecule has 1 atom stereocenters. The van der Waals surface area contributed by atoms with Gasteiger partial charge in [-0.2, -0.15) is 0 Å². The summed E-state index contributed by atoms with van der Waals surface area (Å²) >= 11 is 0. The molecule has 0 bridgehead atoms. The van der Waals surface area contributed by atoms with Gasteiger partial charge in [0.25, 0.3) is 0 Å². The average molecular weight is 294 g/mol. The Morgan fingerprint density at radius 2 is 2.05 bits per heavy atom. The van der Waals surface area contributed by atoms with E-state index >= 15 is 0 Å². The van der Waals surface area contributed by atoms with Crippen LogP contribution in [0.25, 0.3) is 0 Å². The van der Waals surface area contributed by atoms with Crippen LogP contribution in [-0.2, 0) is 4.79 Å². The summed E-state index contributed by atoms with van der Waals surface area (Å²) in [5, 5.41) is 12.8. The number of anilines is 1. The number of benzene rings is 1. The van der Waals surface area contributed by atoms with E-state index in [0.717, 1.165) is 31.6 Å². The molecule has 1 heterocycles. The smallest absolute Gasteiger partial charge is 0.217 e. The summed E-state index contributed by atoms with van der Waals surface area (Å²) in [6.45, 7) is 6.49. The Hall–Kier alpha value is -1.62. The lowest BCUT2D eigenvalue weighted by Crippen LogP contribution is -2.44. The highest BCUT2D eigenvalue weighted by atomic mass is 19.1. The van der Waals surface area contributed by atoms with Crippen LogP contribution in [0.4, 0.5) is 10.1 Å². The number of hydrogen-bond acceptors (Lipinski definition) is 3. The molecule has 4 nitrogen and oxygen atoms in total. The summed E-state index contributed by atoms with van der Waals surface area (Å²) < 4.78 is 13.7. The molecule has 1 fully saturated rings. The van der Waals surface area contributed by atoms with Gasteiger partial charge in [-0.3, -0.25) is 4.79 Å². The Morgan fingerprint density at radius 3 is 2.57 bits per heavy atom. The van der Waals surface area contributed by atoms with Crippen molar-refractivity contribution in [2.75, 3.05) is 18.0 Å². The maximum atomic E-state index is 13.7. The highest BCUT2D eigenvalue weighted by molar-refractivity contribution is 5.73. The van der Waals surface area contributed by atoms with Gasteiger partial charge in [0.2, 0.25) is 5.91 Å². The second kappa shape index (κ2) is 6.43. The summed E-state index contributed by atoms with van der Waals surface area (Å²) in [4.78, 5) is 13.2. The summed E-state index contributed by atoms with van der Waals surface area (Å²) in [5.41, 5.74) is 2.10. The van der Waals surface area contributed by atoms with Gasteiger partial charge in [0.15, 0.2) is 0 Å². The van der Waals surface area contributed by atoms with Crippen LogP contribution in [0.2, 0.25) is 0 Å². The van der Waals surface area contributed by atoms with Crippen molar-refractivity contribution in [2.45, 2.75) is 45.8 Å². The number of hydrogen-bond donors (Lipinski definition) is 2. The number of carbonyl (C=O) groups is 1. The molecule has 21 heavy (non-hydrogen) atoms. The van der Waals surface area contributed by atoms with Crippen LogP contribution in [0, 0.1) is 12.7 Å². The number of rotatable bonds is 3. The molecule has 116 valence electrons. The van der Waals surface area contributed by atoms with Gasteiger partial charge in [-0.1, -0.05) is 0 Å². The van der Waals surface area contributed by atoms with Crippen molar-refractivity contribution in [3.8, 4) is 0 Å². The molecule has 0 saturated carbocycles. The molecule has 0 aliphatic carbocycles. The van der Waals surface area contributed by atoms with E-state index in [1.807, 2.05) is 0 Å². The predicted octanol–water partition coefficient (Wildman–Crippen LogP) is 2.29. The molecule has 0 aromatic heterocycles. The zero-order valence-corrected chi connectivity index (χ0v) is 12.8. The Labute approximate surface area is 125 Å². The van der Waals surface area contributed by atoms with Crippen molar-refractivity contribution in [2.24, 2.45) is 0 Å². The third-order valence-corrected chi connectivity index (χ3v) is 4.00. The zero-order valence-electron chi connectivity index (χ0n) is 12.8. The van der Waals surface area contributed by atoms with Crippen LogP contribution in [0.5, 0.6) is 0 Å². The van der Waals surface area contributed by atoms with Crippen LogP contribution in [-0.4, -0.2) is 30.1 Å². The Morgan fingerprint density at radius 1 is 1.43 bits per heavy atom. The first-order valence-corrected chi connectivity index (χ1v) is 7.38. The van der Waals surface area contributed by atoms with E-state index in [4.69, 9.17) is 0 Å². The molecule has 2 rings (SSSR count). The second-order valence-corrected chi connectivity index (χ2v) is 5.80. The van der Waals surface area contributed by atoms with E-state index in [-0.39, 0.29) is 17.8 Å². The molecule has 1 aliphatic rings. The van der Waals surface area contributed by atoms with Crippen LogP contribution in [0.3, 0.4) is 0 Å². The second-order valence-electron chi connectivity index (χ2n) is 5.80. The summed E-state index contributed by atoms with van der Waals surface area (Å²) in [5.74, 6) is -0.293. The number of aryl methyl sites for hydroxylation is 1. The SMILES string of the molecule is CC(=O)NC1CCN(c2cc(C)c(F)cc2C(C)O)CC1. The molecular formula is C16H23FN2O2. The minimum absolute atomic E-state index is 0.00394. The Kier molecular flexibility index (Phi) is 4.83. The topological polar surface area (TPSA) is 52.6 Å². The highest BCUT2D eigenvalue weighted by Gasteiger charge is 2.23. The van der Waals surface area contributed by atoms with Gasteiger partial charge in [0, 0.05) is 37.3 Å². The normalized spacial score (nSPS) is 17.7. The van der Waals surface area contributed by atoms with Crippen molar-refractivity contribution in [3.05, 3.63) is 29.1 Å². The summed E-state index contributed by atoms with van der Waals surface area (Å²) in [6.07, 6.45) is 1.01. The minimum atomic E-state index is -0.705. The molecule has 5 heteroatoms. The van der Waals surface area contributed by atoms with Gasteiger partial charge in [-0.05, 0) is 44.4 Å². The number of piperidine rings is 1. The van der Waals surface area contributed by atoms with E-state index in [1.54, 1.807) is 19.9 Å². The maximum Gasteiger partial charge on any atom is 0.217 e. The van der Waals surface area contributed by atoms with Gasteiger partial charge >= 0.3 is 0 Å². The number of amides is 1. The molecule has 1 aliphatic heterocycles. The molecule has 1 unspecified atom stereocenters. The van der Waals surface area contributed by atoms with E-state index in [0.29, 0.717) is 11.1 Å². The van der Waals surface area contributed by atoms with E-state index in [2.05, 4.69) is 10.2 Å². The third-order valence-electron chi connectivity index (χ3n) is 4.00. The van der Waals surface area contributed by atoms with Gasteiger partial charge < -0.3 is 15.3 Å². The van der Waals surface area contributed by atoms with Crippen molar-refractivity contribution in [1.82, 2.24) is 5.32 Å². The molecule has 0 spiro atoms. The minimum Gasteiger partial charge on any atom is -0.389 e. The lowest BCUT2D eigenvalue weighted by molar-refractivity contribution is -0.119. The Balaban J connectivity index is 2.16. The Bertz CT molecular complexity index is 523. The fraction of sp³-hybridized carbons (Fsp3) is 0.562. The van der Waals surface area contributed by atoms with Crippen molar-refractivity contribution < 1.29 is 14.3 Å². The molecule has 1 saturated heterocycles. The quantitative estimate of drug-likeness (QED) is 0.899. The maximum absolute atomic E-state index is 13.7. The standard InChI is InChI=1S/C16H23FN2O2/c1-10-8-16(14(11(2)20)9-15(10)17)19-6-4-13(5-7-19)18-12(3)21/h8-9,11,13,20H,4-7H2,1-3H3,(H,18,21). The van der Waals surface area contributed by atoms with Gasteiger partial charge in [-0.25, -0.2) is 4.39 Å². The number of nitrogens with one attached hydrogen (secondary N) is 1. The number of carbonyl (C=O) groups excluding carboxylic acids is 1. The van der Waals surface area contributed by atoms with Crippen molar-refractivity contribution in [1.29, 1.82) is 0 Å². The van der Waals surface area contributed by atoms with Crippen molar-refractivity contribution >= 4 is 11.6 Å². The van der Waals surface area contributed by atoms with Gasteiger partial charge in [-0.15, -0.1) is 0 Å². The number of halogens is 1. The molecule has 0 radical (unpaired) electrons. The van der Waals surface area contributed by atoms with Gasteiger partial charge in [0.05, 0.1) is 6.10 Å². The van der Waals surface area contributed by atoms with Crippen LogP contribution < -0.4 is 10.2 Å². The molecule has 2 N–H and O–H groups in total. The largest absolute Gasteiger partial charge is 0.389 e. The van der Waals surface area contributed by atoms with Crippen LogP contribution in [0.15, 0.2) is 12.1 Å². The average Bonchev–Trinajstić information content (AvgIpc) is 2.41. The van der Waals surface area contributed by atoms with E-state index < -0.39 is 6.10 Å². The first-order chi connectivity index (χ1) is 9.88. The molecule has 1 aromatic carbocycles. The highest BCUT2D eigenvalue weighted by Crippen LogP contribution is 2.31. The predicted molar refractivity (Wildman–Crippen MR) is 80.8 cm³/mol. The first-order valence-electron chi connectivity index (χ1n) is 7.38.